The molecule has 80 valence electrons. The third kappa shape index (κ3) is 2.48. The fourth-order valence-corrected chi connectivity index (χ4v) is 1.44. The normalized spacial score (nSPS) is 10.8. The van der Waals surface area contributed by atoms with Crippen LogP contribution in [0.15, 0.2) is 53.5 Å². The molecule has 0 aromatic heterocycles. The van der Waals surface area contributed by atoms with E-state index in [1.165, 1.54) is 0 Å². The molecule has 0 heterocycles. The third-order valence-electron chi connectivity index (χ3n) is 2.29. The Labute approximate surface area is 94.9 Å². The summed E-state index contributed by atoms with van der Waals surface area (Å²) in [6, 6.07) is 15.1. The monoisotopic (exact) mass is 211 g/mol. The molecule has 2 aromatic rings. The minimum atomic E-state index is 0.255. The molecular formula is C14H13NO. The van der Waals surface area contributed by atoms with Crippen LogP contribution in [0.25, 0.3) is 0 Å². The average molecular weight is 211 g/mol. The molecule has 0 unspecified atom stereocenters. The number of aromatic hydroxyl groups is 1. The molecule has 0 saturated carbocycles. The minimum Gasteiger partial charge on any atom is -0.507 e. The average Bonchev–Trinajstić information content (AvgIpc) is 2.32. The zero-order valence-corrected chi connectivity index (χ0v) is 9.09. The Bertz CT molecular complexity index is 503. The SMILES string of the molecule is Cc1ccc(O)c(C=Nc2ccccc2)c1. The summed E-state index contributed by atoms with van der Waals surface area (Å²) >= 11 is 0. The molecule has 0 spiro atoms. The molecule has 0 aliphatic rings. The van der Waals surface area contributed by atoms with Gasteiger partial charge in [-0.3, -0.25) is 4.99 Å². The summed E-state index contributed by atoms with van der Waals surface area (Å²) in [5, 5.41) is 9.62. The van der Waals surface area contributed by atoms with Crippen LogP contribution >= 0.6 is 0 Å². The van der Waals surface area contributed by atoms with Gasteiger partial charge < -0.3 is 5.11 Å². The Morgan fingerprint density at radius 2 is 1.81 bits per heavy atom. The molecule has 0 atom stereocenters. The summed E-state index contributed by atoms with van der Waals surface area (Å²) in [6.07, 6.45) is 1.68. The van der Waals surface area contributed by atoms with Crippen LogP contribution < -0.4 is 0 Å². The first-order chi connectivity index (χ1) is 7.75. The Morgan fingerprint density at radius 3 is 2.56 bits per heavy atom. The summed E-state index contributed by atoms with van der Waals surface area (Å²) in [7, 11) is 0. The van der Waals surface area contributed by atoms with Crippen LogP contribution in [0.2, 0.25) is 0 Å². The number of hydrogen-bond donors (Lipinski definition) is 1. The van der Waals surface area contributed by atoms with Crippen LogP contribution in [0.4, 0.5) is 5.69 Å². The number of nitrogens with zero attached hydrogens (tertiary/aromatic N) is 1. The van der Waals surface area contributed by atoms with Gasteiger partial charge in [-0.25, -0.2) is 0 Å². The molecule has 2 heteroatoms. The Balaban J connectivity index is 2.27. The number of phenols is 1. The van der Waals surface area contributed by atoms with E-state index in [1.54, 1.807) is 12.3 Å². The second-order valence-corrected chi connectivity index (χ2v) is 3.66. The number of para-hydroxylation sites is 1. The first-order valence-corrected chi connectivity index (χ1v) is 5.14. The first-order valence-electron chi connectivity index (χ1n) is 5.14. The molecular weight excluding hydrogens is 198 g/mol. The smallest absolute Gasteiger partial charge is 0.124 e. The van der Waals surface area contributed by atoms with Crippen LogP contribution in [0, 0.1) is 6.92 Å². The van der Waals surface area contributed by atoms with Gasteiger partial charge in [-0.15, -0.1) is 0 Å². The Hall–Kier alpha value is -2.09. The lowest BCUT2D eigenvalue weighted by atomic mass is 10.1. The highest BCUT2D eigenvalue weighted by molar-refractivity contribution is 5.85. The van der Waals surface area contributed by atoms with Gasteiger partial charge in [0.1, 0.15) is 5.75 Å². The topological polar surface area (TPSA) is 32.6 Å². The molecule has 2 nitrogen and oxygen atoms in total. The summed E-state index contributed by atoms with van der Waals surface area (Å²) in [5.41, 5.74) is 2.72. The van der Waals surface area contributed by atoms with Gasteiger partial charge in [-0.1, -0.05) is 29.8 Å². The number of benzene rings is 2. The van der Waals surface area contributed by atoms with Gasteiger partial charge in [0.15, 0.2) is 0 Å². The second-order valence-electron chi connectivity index (χ2n) is 3.66. The summed E-state index contributed by atoms with van der Waals surface area (Å²) in [4.78, 5) is 4.29. The number of aliphatic imine (C=N–C) groups is 1. The molecule has 0 fully saturated rings. The summed E-state index contributed by atoms with van der Waals surface area (Å²) in [6.45, 7) is 1.99. The van der Waals surface area contributed by atoms with Crippen molar-refractivity contribution in [1.29, 1.82) is 0 Å². The van der Waals surface area contributed by atoms with E-state index in [0.717, 1.165) is 16.8 Å². The lowest BCUT2D eigenvalue weighted by Gasteiger charge is -1.99. The highest BCUT2D eigenvalue weighted by Crippen LogP contribution is 2.17. The fourth-order valence-electron chi connectivity index (χ4n) is 1.44. The van der Waals surface area contributed by atoms with Crippen molar-refractivity contribution < 1.29 is 5.11 Å². The number of rotatable bonds is 2. The van der Waals surface area contributed by atoms with Crippen molar-refractivity contribution in [1.82, 2.24) is 0 Å². The lowest BCUT2D eigenvalue weighted by Crippen LogP contribution is -1.83. The molecule has 0 aliphatic carbocycles. The molecule has 2 aromatic carbocycles. The first kappa shape index (κ1) is 10.4. The van der Waals surface area contributed by atoms with Crippen molar-refractivity contribution in [3.05, 3.63) is 59.7 Å². The van der Waals surface area contributed by atoms with Crippen LogP contribution in [0.5, 0.6) is 5.75 Å². The van der Waals surface area contributed by atoms with Crippen molar-refractivity contribution in [3.8, 4) is 5.75 Å². The fraction of sp³-hybridized carbons (Fsp3) is 0.0714. The van der Waals surface area contributed by atoms with Crippen LogP contribution in [-0.2, 0) is 0 Å². The van der Waals surface area contributed by atoms with Crippen molar-refractivity contribution >= 4 is 11.9 Å². The number of aryl methyl sites for hydroxylation is 1. The van der Waals surface area contributed by atoms with E-state index in [1.807, 2.05) is 49.4 Å². The standard InChI is InChI=1S/C14H13NO/c1-11-7-8-14(16)12(9-11)10-15-13-5-3-2-4-6-13/h2-10,16H,1H3. The highest BCUT2D eigenvalue weighted by atomic mass is 16.3. The quantitative estimate of drug-likeness (QED) is 0.758. The van der Waals surface area contributed by atoms with Gasteiger partial charge in [-0.05, 0) is 31.2 Å². The van der Waals surface area contributed by atoms with E-state index in [9.17, 15) is 5.11 Å². The van der Waals surface area contributed by atoms with Crippen LogP contribution in [-0.4, -0.2) is 11.3 Å². The van der Waals surface area contributed by atoms with Gasteiger partial charge in [0.25, 0.3) is 0 Å². The van der Waals surface area contributed by atoms with E-state index < -0.39 is 0 Å². The van der Waals surface area contributed by atoms with Crippen molar-refractivity contribution in [2.75, 3.05) is 0 Å². The van der Waals surface area contributed by atoms with Gasteiger partial charge in [0.05, 0.1) is 5.69 Å². The molecule has 0 saturated heterocycles. The molecule has 1 N–H and O–H groups in total. The van der Waals surface area contributed by atoms with Crippen molar-refractivity contribution in [3.63, 3.8) is 0 Å². The highest BCUT2D eigenvalue weighted by Gasteiger charge is 1.97. The largest absolute Gasteiger partial charge is 0.507 e. The van der Waals surface area contributed by atoms with Gasteiger partial charge >= 0.3 is 0 Å². The molecule has 16 heavy (non-hydrogen) atoms. The lowest BCUT2D eigenvalue weighted by molar-refractivity contribution is 0.474. The van der Waals surface area contributed by atoms with E-state index in [-0.39, 0.29) is 5.75 Å². The minimum absolute atomic E-state index is 0.255. The zero-order valence-electron chi connectivity index (χ0n) is 9.09. The van der Waals surface area contributed by atoms with E-state index in [4.69, 9.17) is 0 Å². The summed E-state index contributed by atoms with van der Waals surface area (Å²) in [5.74, 6) is 0.255. The Morgan fingerprint density at radius 1 is 1.06 bits per heavy atom. The number of hydrogen-bond acceptors (Lipinski definition) is 2. The zero-order chi connectivity index (χ0) is 11.4. The predicted octanol–water partition coefficient (Wildman–Crippen LogP) is 3.45. The molecule has 2 rings (SSSR count). The van der Waals surface area contributed by atoms with Gasteiger partial charge in [0, 0.05) is 11.8 Å². The van der Waals surface area contributed by atoms with Crippen LogP contribution in [0.1, 0.15) is 11.1 Å². The summed E-state index contributed by atoms with van der Waals surface area (Å²) < 4.78 is 0. The molecule has 0 amide bonds. The maximum absolute atomic E-state index is 9.62. The molecule has 0 radical (unpaired) electrons. The number of phenolic OH excluding ortho intramolecular Hbond substituents is 1. The van der Waals surface area contributed by atoms with Gasteiger partial charge in [0.2, 0.25) is 0 Å². The Kier molecular flexibility index (Phi) is 3.01. The van der Waals surface area contributed by atoms with E-state index in [0.29, 0.717) is 0 Å². The second kappa shape index (κ2) is 4.62. The third-order valence-corrected chi connectivity index (χ3v) is 2.29. The van der Waals surface area contributed by atoms with E-state index in [2.05, 4.69) is 4.99 Å². The maximum Gasteiger partial charge on any atom is 0.124 e. The maximum atomic E-state index is 9.62. The predicted molar refractivity (Wildman–Crippen MR) is 66.5 cm³/mol. The van der Waals surface area contributed by atoms with Crippen LogP contribution in [0.3, 0.4) is 0 Å². The van der Waals surface area contributed by atoms with E-state index >= 15 is 0 Å². The van der Waals surface area contributed by atoms with Gasteiger partial charge in [-0.2, -0.15) is 0 Å². The van der Waals surface area contributed by atoms with Crippen molar-refractivity contribution in [2.45, 2.75) is 6.92 Å². The molecule has 0 bridgehead atoms. The molecule has 0 aliphatic heterocycles. The van der Waals surface area contributed by atoms with Crippen molar-refractivity contribution in [2.24, 2.45) is 4.99 Å².